The molecule has 1 aliphatic carbocycles. The van der Waals surface area contributed by atoms with Crippen LogP contribution in [0.2, 0.25) is 0 Å². The molecular weight excluding hydrogens is 246 g/mol. The minimum Gasteiger partial charge on any atom is -0.481 e. The summed E-state index contributed by atoms with van der Waals surface area (Å²) >= 11 is 0. The topological polar surface area (TPSA) is 98.8 Å². The number of aryl methyl sites for hydroxylation is 1. The number of imidazole rings is 1. The fourth-order valence-electron chi connectivity index (χ4n) is 2.48. The van der Waals surface area contributed by atoms with Gasteiger partial charge in [0.15, 0.2) is 5.82 Å². The lowest BCUT2D eigenvalue weighted by atomic mass is 9.90. The third-order valence-corrected chi connectivity index (χ3v) is 3.38. The molecule has 19 heavy (non-hydrogen) atoms. The van der Waals surface area contributed by atoms with Gasteiger partial charge >= 0.3 is 5.97 Å². The van der Waals surface area contributed by atoms with Crippen molar-refractivity contribution in [1.82, 2.24) is 15.0 Å². The molecule has 2 aromatic rings. The average molecular weight is 259 g/mol. The van der Waals surface area contributed by atoms with Gasteiger partial charge in [-0.1, -0.05) is 6.07 Å². The second-order valence-electron chi connectivity index (χ2n) is 4.66. The van der Waals surface area contributed by atoms with Crippen LogP contribution >= 0.6 is 0 Å². The van der Waals surface area contributed by atoms with Crippen LogP contribution in [-0.2, 0) is 11.2 Å². The van der Waals surface area contributed by atoms with Gasteiger partial charge in [-0.15, -0.1) is 0 Å². The van der Waals surface area contributed by atoms with Crippen molar-refractivity contribution in [2.45, 2.75) is 25.2 Å². The van der Waals surface area contributed by atoms with E-state index in [2.05, 4.69) is 15.0 Å². The number of rotatable bonds is 2. The van der Waals surface area contributed by atoms with Gasteiger partial charge in [0, 0.05) is 11.8 Å². The third-order valence-electron chi connectivity index (χ3n) is 3.38. The first-order chi connectivity index (χ1) is 9.15. The summed E-state index contributed by atoms with van der Waals surface area (Å²) in [6.45, 7) is 0. The molecule has 0 saturated heterocycles. The molecule has 6 nitrogen and oxygen atoms in total. The van der Waals surface area contributed by atoms with Crippen LogP contribution in [0.25, 0.3) is 11.5 Å². The normalized spacial score (nSPS) is 18.0. The lowest BCUT2D eigenvalue weighted by molar-refractivity contribution is -0.139. The van der Waals surface area contributed by atoms with E-state index in [9.17, 15) is 14.7 Å². The fourth-order valence-corrected chi connectivity index (χ4v) is 2.48. The van der Waals surface area contributed by atoms with Gasteiger partial charge in [0.25, 0.3) is 0 Å². The fraction of sp³-hybridized carbons (Fsp3) is 0.308. The molecule has 3 N–H and O–H groups in total. The monoisotopic (exact) mass is 259 g/mol. The first-order valence-electron chi connectivity index (χ1n) is 6.16. The quantitative estimate of drug-likeness (QED) is 0.756. The minimum absolute atomic E-state index is 0.207. The number of carbonyl (C=O) groups is 1. The Morgan fingerprint density at radius 3 is 2.95 bits per heavy atom. The number of pyridine rings is 1. The van der Waals surface area contributed by atoms with E-state index in [1.807, 2.05) is 0 Å². The Hall–Kier alpha value is -2.37. The number of nitrogens with one attached hydrogen (secondary N) is 2. The number of carboxylic acid groups (broad SMARTS) is 1. The van der Waals surface area contributed by atoms with E-state index in [0.29, 0.717) is 23.6 Å². The number of hydrogen-bond acceptors (Lipinski definition) is 3. The highest BCUT2D eigenvalue weighted by molar-refractivity contribution is 5.76. The van der Waals surface area contributed by atoms with Crippen LogP contribution in [0.15, 0.2) is 23.0 Å². The summed E-state index contributed by atoms with van der Waals surface area (Å²) in [4.78, 5) is 32.6. The van der Waals surface area contributed by atoms with Crippen molar-refractivity contribution in [3.05, 3.63) is 39.9 Å². The smallest absolute Gasteiger partial charge is 0.312 e. The Labute approximate surface area is 108 Å². The van der Waals surface area contributed by atoms with E-state index in [0.717, 1.165) is 18.5 Å². The zero-order valence-corrected chi connectivity index (χ0v) is 10.1. The van der Waals surface area contributed by atoms with Crippen molar-refractivity contribution in [1.29, 1.82) is 0 Å². The molecule has 0 aliphatic heterocycles. The van der Waals surface area contributed by atoms with E-state index in [4.69, 9.17) is 0 Å². The summed E-state index contributed by atoms with van der Waals surface area (Å²) < 4.78 is 0. The number of fused-ring (bicyclic) bond motifs is 1. The molecule has 0 aromatic carbocycles. The van der Waals surface area contributed by atoms with Crippen molar-refractivity contribution in [2.24, 2.45) is 0 Å². The molecule has 0 amide bonds. The second kappa shape index (κ2) is 4.38. The molecule has 0 radical (unpaired) electrons. The van der Waals surface area contributed by atoms with E-state index >= 15 is 0 Å². The number of carboxylic acids is 1. The van der Waals surface area contributed by atoms with E-state index < -0.39 is 11.9 Å². The molecular formula is C13H13N3O3. The highest BCUT2D eigenvalue weighted by atomic mass is 16.4. The summed E-state index contributed by atoms with van der Waals surface area (Å²) in [5.41, 5.74) is 1.82. The van der Waals surface area contributed by atoms with E-state index in [1.54, 1.807) is 12.1 Å². The lowest BCUT2D eigenvalue weighted by Gasteiger charge is -2.16. The van der Waals surface area contributed by atoms with Crippen LogP contribution in [0.4, 0.5) is 0 Å². The van der Waals surface area contributed by atoms with Crippen molar-refractivity contribution in [3.8, 4) is 11.5 Å². The first kappa shape index (κ1) is 11.7. The summed E-state index contributed by atoms with van der Waals surface area (Å²) in [5, 5.41) is 9.20. The summed E-state index contributed by atoms with van der Waals surface area (Å²) in [6.07, 6.45) is 2.23. The highest BCUT2D eigenvalue weighted by Gasteiger charge is 2.29. The predicted molar refractivity (Wildman–Crippen MR) is 68.0 cm³/mol. The Balaban J connectivity index is 2.07. The summed E-state index contributed by atoms with van der Waals surface area (Å²) in [6, 6.07) is 4.80. The van der Waals surface area contributed by atoms with Crippen LogP contribution in [0.5, 0.6) is 0 Å². The van der Waals surface area contributed by atoms with Crippen molar-refractivity contribution in [2.75, 3.05) is 0 Å². The standard InChI is InChI=1S/C13H13N3O3/c17-10-6-2-5-9(14-10)12-15-8-4-1-3-7(13(18)19)11(8)16-12/h2,5-7H,1,3-4H2,(H,14,17)(H,15,16)(H,18,19). The average Bonchev–Trinajstić information content (AvgIpc) is 2.82. The molecule has 2 aromatic heterocycles. The molecule has 98 valence electrons. The highest BCUT2D eigenvalue weighted by Crippen LogP contribution is 2.31. The van der Waals surface area contributed by atoms with E-state index in [1.165, 1.54) is 6.07 Å². The molecule has 1 atom stereocenters. The number of aromatic amines is 2. The second-order valence-corrected chi connectivity index (χ2v) is 4.66. The van der Waals surface area contributed by atoms with Crippen LogP contribution < -0.4 is 5.56 Å². The van der Waals surface area contributed by atoms with Gasteiger partial charge in [-0.2, -0.15) is 0 Å². The molecule has 1 unspecified atom stereocenters. The molecule has 0 bridgehead atoms. The molecule has 0 saturated carbocycles. The predicted octanol–water partition coefficient (Wildman–Crippen LogP) is 1.27. The third kappa shape index (κ3) is 2.05. The number of aliphatic carboxylic acids is 1. The number of H-pyrrole nitrogens is 2. The number of aromatic nitrogens is 3. The van der Waals surface area contributed by atoms with Gasteiger partial charge in [0.2, 0.25) is 5.56 Å². The molecule has 1 aliphatic rings. The molecule has 6 heteroatoms. The van der Waals surface area contributed by atoms with Crippen LogP contribution in [0, 0.1) is 0 Å². The molecule has 0 spiro atoms. The Kier molecular flexibility index (Phi) is 2.70. The maximum Gasteiger partial charge on any atom is 0.312 e. The van der Waals surface area contributed by atoms with Crippen molar-refractivity contribution >= 4 is 5.97 Å². The lowest BCUT2D eigenvalue weighted by Crippen LogP contribution is -2.17. The summed E-state index contributed by atoms with van der Waals surface area (Å²) in [5.74, 6) is -0.874. The zero-order valence-electron chi connectivity index (χ0n) is 10.1. The Morgan fingerprint density at radius 2 is 2.21 bits per heavy atom. The molecule has 2 heterocycles. The summed E-state index contributed by atoms with van der Waals surface area (Å²) in [7, 11) is 0. The Morgan fingerprint density at radius 1 is 1.37 bits per heavy atom. The van der Waals surface area contributed by atoms with Crippen molar-refractivity contribution < 1.29 is 9.90 Å². The van der Waals surface area contributed by atoms with Gasteiger partial charge < -0.3 is 15.1 Å². The van der Waals surface area contributed by atoms with Gasteiger partial charge in [-0.25, -0.2) is 4.98 Å². The first-order valence-corrected chi connectivity index (χ1v) is 6.16. The maximum atomic E-state index is 11.3. The van der Waals surface area contributed by atoms with Gasteiger partial charge in [-0.05, 0) is 25.3 Å². The largest absolute Gasteiger partial charge is 0.481 e. The van der Waals surface area contributed by atoms with E-state index in [-0.39, 0.29) is 5.56 Å². The van der Waals surface area contributed by atoms with Gasteiger partial charge in [-0.3, -0.25) is 9.59 Å². The zero-order chi connectivity index (χ0) is 13.4. The van der Waals surface area contributed by atoms with Crippen molar-refractivity contribution in [3.63, 3.8) is 0 Å². The molecule has 3 rings (SSSR count). The number of hydrogen-bond donors (Lipinski definition) is 3. The van der Waals surface area contributed by atoms with Crippen LogP contribution in [0.1, 0.15) is 30.1 Å². The molecule has 0 fully saturated rings. The van der Waals surface area contributed by atoms with Gasteiger partial charge in [0.05, 0.1) is 11.4 Å². The van der Waals surface area contributed by atoms with Crippen LogP contribution in [-0.4, -0.2) is 26.0 Å². The Bertz CT molecular complexity index is 686. The minimum atomic E-state index is -0.847. The van der Waals surface area contributed by atoms with Crippen LogP contribution in [0.3, 0.4) is 0 Å². The maximum absolute atomic E-state index is 11.3. The SMILES string of the molecule is O=C(O)C1CCCc2[nH]c(-c3cccc(=O)[nH]3)nc21. The van der Waals surface area contributed by atoms with Gasteiger partial charge in [0.1, 0.15) is 5.92 Å². The number of nitrogens with zero attached hydrogens (tertiary/aromatic N) is 1.